The fourth-order valence-corrected chi connectivity index (χ4v) is 2.81. The second kappa shape index (κ2) is 6.27. The van der Waals surface area contributed by atoms with Crippen LogP contribution in [0.1, 0.15) is 54.4 Å². The smallest absolute Gasteiger partial charge is 0.337 e. The van der Waals surface area contributed by atoms with E-state index in [2.05, 4.69) is 5.32 Å². The zero-order valence-corrected chi connectivity index (χ0v) is 12.0. The Kier molecular flexibility index (Phi) is 4.65. The number of aromatic carboxylic acids is 1. The summed E-state index contributed by atoms with van der Waals surface area (Å²) in [6, 6.07) is 5.31. The normalized spacial score (nSPS) is 18.3. The molecule has 20 heavy (non-hydrogen) atoms. The van der Waals surface area contributed by atoms with E-state index < -0.39 is 11.6 Å². The molecule has 0 saturated heterocycles. The van der Waals surface area contributed by atoms with Gasteiger partial charge in [-0.15, -0.1) is 0 Å². The highest BCUT2D eigenvalue weighted by molar-refractivity contribution is 5.94. The minimum absolute atomic E-state index is 0.266. The van der Waals surface area contributed by atoms with Crippen LogP contribution in [-0.2, 0) is 0 Å². The van der Waals surface area contributed by atoms with Gasteiger partial charge in [-0.2, -0.15) is 0 Å². The zero-order valence-electron chi connectivity index (χ0n) is 12.0. The number of hydrogen-bond acceptors (Lipinski definition) is 3. The van der Waals surface area contributed by atoms with Crippen LogP contribution in [0.25, 0.3) is 0 Å². The van der Waals surface area contributed by atoms with Crippen LogP contribution in [-0.4, -0.2) is 28.3 Å². The molecule has 1 aliphatic carbocycles. The van der Waals surface area contributed by atoms with Crippen molar-refractivity contribution >= 4 is 11.7 Å². The molecule has 1 aromatic carbocycles. The van der Waals surface area contributed by atoms with Gasteiger partial charge in [0, 0.05) is 12.2 Å². The van der Waals surface area contributed by atoms with Crippen molar-refractivity contribution in [2.24, 2.45) is 0 Å². The van der Waals surface area contributed by atoms with Gasteiger partial charge in [-0.05, 0) is 31.9 Å². The number of aliphatic hydroxyl groups is 1. The van der Waals surface area contributed by atoms with Gasteiger partial charge < -0.3 is 15.5 Å². The Morgan fingerprint density at radius 1 is 1.25 bits per heavy atom. The number of carboxylic acid groups (broad SMARTS) is 1. The number of rotatable bonds is 4. The Hall–Kier alpha value is -1.55. The van der Waals surface area contributed by atoms with E-state index in [4.69, 9.17) is 0 Å². The first kappa shape index (κ1) is 14.9. The molecule has 0 heterocycles. The minimum atomic E-state index is -0.941. The predicted octanol–water partition coefficient (Wildman–Crippen LogP) is 3.19. The summed E-state index contributed by atoms with van der Waals surface area (Å²) in [5.41, 5.74) is 1.06. The summed E-state index contributed by atoms with van der Waals surface area (Å²) in [5, 5.41) is 22.9. The number of anilines is 1. The number of carboxylic acids is 1. The Morgan fingerprint density at radius 3 is 2.50 bits per heavy atom. The third kappa shape index (κ3) is 3.73. The third-order valence-corrected chi connectivity index (χ3v) is 4.05. The number of hydrogen-bond donors (Lipinski definition) is 3. The summed E-state index contributed by atoms with van der Waals surface area (Å²) in [5.74, 6) is -0.941. The van der Waals surface area contributed by atoms with Crippen LogP contribution in [0, 0.1) is 6.92 Å². The standard InChI is InChI=1S/C16H23NO3/c1-12-6-7-14(13(10-12)15(18)19)17-11-16(20)8-4-2-3-5-9-16/h6-7,10,17,20H,2-5,8-9,11H2,1H3,(H,18,19). The van der Waals surface area contributed by atoms with Gasteiger partial charge >= 0.3 is 5.97 Å². The van der Waals surface area contributed by atoms with Crippen molar-refractivity contribution in [1.82, 2.24) is 0 Å². The largest absolute Gasteiger partial charge is 0.478 e. The van der Waals surface area contributed by atoms with Crippen LogP contribution in [0.5, 0.6) is 0 Å². The fourth-order valence-electron chi connectivity index (χ4n) is 2.81. The summed E-state index contributed by atoms with van der Waals surface area (Å²) in [6.07, 6.45) is 6.00. The summed E-state index contributed by atoms with van der Waals surface area (Å²) in [7, 11) is 0. The van der Waals surface area contributed by atoms with Gasteiger partial charge in [0.05, 0.1) is 11.2 Å². The lowest BCUT2D eigenvalue weighted by molar-refractivity contribution is 0.0380. The highest BCUT2D eigenvalue weighted by Crippen LogP contribution is 2.28. The maximum absolute atomic E-state index is 11.3. The zero-order chi connectivity index (χ0) is 14.6. The van der Waals surface area contributed by atoms with Gasteiger partial charge in [-0.3, -0.25) is 0 Å². The molecule has 110 valence electrons. The molecule has 0 bridgehead atoms. The first-order valence-corrected chi connectivity index (χ1v) is 7.30. The van der Waals surface area contributed by atoms with E-state index in [1.54, 1.807) is 12.1 Å². The van der Waals surface area contributed by atoms with Crippen molar-refractivity contribution in [1.29, 1.82) is 0 Å². The monoisotopic (exact) mass is 277 g/mol. The molecule has 1 aliphatic rings. The summed E-state index contributed by atoms with van der Waals surface area (Å²) < 4.78 is 0. The average Bonchev–Trinajstić information content (AvgIpc) is 2.62. The Labute approximate surface area is 119 Å². The molecule has 0 aromatic heterocycles. The van der Waals surface area contributed by atoms with Crippen molar-refractivity contribution in [2.75, 3.05) is 11.9 Å². The van der Waals surface area contributed by atoms with Crippen LogP contribution in [0.4, 0.5) is 5.69 Å². The van der Waals surface area contributed by atoms with Crippen LogP contribution in [0.3, 0.4) is 0 Å². The van der Waals surface area contributed by atoms with Gasteiger partial charge in [0.25, 0.3) is 0 Å². The molecule has 0 atom stereocenters. The molecule has 3 N–H and O–H groups in total. The molecule has 0 spiro atoms. The SMILES string of the molecule is Cc1ccc(NCC2(O)CCCCCC2)c(C(=O)O)c1. The second-order valence-electron chi connectivity index (χ2n) is 5.85. The summed E-state index contributed by atoms with van der Waals surface area (Å²) in [4.78, 5) is 11.3. The number of aryl methyl sites for hydroxylation is 1. The van der Waals surface area contributed by atoms with Gasteiger partial charge in [-0.25, -0.2) is 4.79 Å². The fraction of sp³-hybridized carbons (Fsp3) is 0.562. The Morgan fingerprint density at radius 2 is 1.90 bits per heavy atom. The van der Waals surface area contributed by atoms with Crippen LogP contribution >= 0.6 is 0 Å². The molecule has 2 rings (SSSR count). The van der Waals surface area contributed by atoms with E-state index in [1.165, 1.54) is 12.8 Å². The second-order valence-corrected chi connectivity index (χ2v) is 5.85. The van der Waals surface area contributed by atoms with Crippen molar-refractivity contribution in [2.45, 2.75) is 51.0 Å². The number of benzene rings is 1. The Balaban J connectivity index is 2.08. The maximum Gasteiger partial charge on any atom is 0.337 e. The third-order valence-electron chi connectivity index (χ3n) is 4.05. The predicted molar refractivity (Wildman–Crippen MR) is 79.3 cm³/mol. The minimum Gasteiger partial charge on any atom is -0.478 e. The van der Waals surface area contributed by atoms with Gasteiger partial charge in [-0.1, -0.05) is 37.3 Å². The molecular weight excluding hydrogens is 254 g/mol. The van der Waals surface area contributed by atoms with Crippen LogP contribution in [0.2, 0.25) is 0 Å². The molecule has 4 nitrogen and oxygen atoms in total. The van der Waals surface area contributed by atoms with Crippen LogP contribution in [0.15, 0.2) is 18.2 Å². The number of carbonyl (C=O) groups is 1. The molecule has 1 saturated carbocycles. The quantitative estimate of drug-likeness (QED) is 0.739. The molecule has 0 unspecified atom stereocenters. The lowest BCUT2D eigenvalue weighted by atomic mass is 9.94. The van der Waals surface area contributed by atoms with E-state index in [0.717, 1.165) is 31.2 Å². The highest BCUT2D eigenvalue weighted by atomic mass is 16.4. The van der Waals surface area contributed by atoms with Gasteiger partial charge in [0.1, 0.15) is 0 Å². The van der Waals surface area contributed by atoms with Crippen molar-refractivity contribution < 1.29 is 15.0 Å². The van der Waals surface area contributed by atoms with E-state index in [0.29, 0.717) is 12.2 Å². The topological polar surface area (TPSA) is 69.6 Å². The van der Waals surface area contributed by atoms with Crippen molar-refractivity contribution in [3.05, 3.63) is 29.3 Å². The van der Waals surface area contributed by atoms with E-state index in [1.807, 2.05) is 13.0 Å². The van der Waals surface area contributed by atoms with Gasteiger partial charge in [0.15, 0.2) is 0 Å². The molecule has 1 aromatic rings. The maximum atomic E-state index is 11.3. The first-order chi connectivity index (χ1) is 9.50. The van der Waals surface area contributed by atoms with Gasteiger partial charge in [0.2, 0.25) is 0 Å². The molecule has 1 fully saturated rings. The lowest BCUT2D eigenvalue weighted by Gasteiger charge is -2.27. The molecule has 4 heteroatoms. The number of nitrogens with one attached hydrogen (secondary N) is 1. The highest BCUT2D eigenvalue weighted by Gasteiger charge is 2.28. The van der Waals surface area contributed by atoms with E-state index in [9.17, 15) is 15.0 Å². The summed E-state index contributed by atoms with van der Waals surface area (Å²) in [6.45, 7) is 2.28. The summed E-state index contributed by atoms with van der Waals surface area (Å²) >= 11 is 0. The van der Waals surface area contributed by atoms with E-state index >= 15 is 0 Å². The molecular formula is C16H23NO3. The molecule has 0 amide bonds. The van der Waals surface area contributed by atoms with E-state index in [-0.39, 0.29) is 5.56 Å². The molecule has 0 radical (unpaired) electrons. The Bertz CT molecular complexity index is 477. The van der Waals surface area contributed by atoms with Crippen LogP contribution < -0.4 is 5.32 Å². The molecule has 0 aliphatic heterocycles. The first-order valence-electron chi connectivity index (χ1n) is 7.30. The average molecular weight is 277 g/mol. The lowest BCUT2D eigenvalue weighted by Crippen LogP contribution is -2.36. The van der Waals surface area contributed by atoms with Crippen molar-refractivity contribution in [3.63, 3.8) is 0 Å². The van der Waals surface area contributed by atoms with Crippen molar-refractivity contribution in [3.8, 4) is 0 Å².